The van der Waals surface area contributed by atoms with Gasteiger partial charge in [0.05, 0.1) is 29.3 Å². The van der Waals surface area contributed by atoms with Crippen LogP contribution in [0.4, 0.5) is 5.69 Å². The van der Waals surface area contributed by atoms with Crippen LogP contribution in [0.1, 0.15) is 55.7 Å². The number of hydrogen-bond donors (Lipinski definition) is 1. The molecule has 2 aromatic heterocycles. The van der Waals surface area contributed by atoms with E-state index >= 15 is 0 Å². The summed E-state index contributed by atoms with van der Waals surface area (Å²) in [5.41, 5.74) is 4.64. The maximum absolute atomic E-state index is 4.77. The molecule has 0 saturated heterocycles. The van der Waals surface area contributed by atoms with E-state index in [1.165, 1.54) is 24.2 Å². The molecule has 1 N–H and O–H groups in total. The molecule has 1 aliphatic carbocycles. The maximum atomic E-state index is 4.77. The molecule has 20 heavy (non-hydrogen) atoms. The molecule has 0 radical (unpaired) electrons. The Morgan fingerprint density at radius 1 is 1.35 bits per heavy atom. The fourth-order valence-corrected chi connectivity index (χ4v) is 2.57. The second-order valence-electron chi connectivity index (χ2n) is 6.03. The lowest BCUT2D eigenvalue weighted by atomic mass is 10.2. The summed E-state index contributed by atoms with van der Waals surface area (Å²) in [5, 5.41) is 12.6. The largest absolute Gasteiger partial charge is 0.377 e. The minimum absolute atomic E-state index is 0.397. The van der Waals surface area contributed by atoms with Crippen molar-refractivity contribution in [3.63, 3.8) is 0 Å². The number of rotatable bonds is 5. The summed E-state index contributed by atoms with van der Waals surface area (Å²) in [4.78, 5) is 0. The van der Waals surface area contributed by atoms with E-state index in [1.54, 1.807) is 0 Å². The van der Waals surface area contributed by atoms with Gasteiger partial charge in [0.15, 0.2) is 0 Å². The van der Waals surface area contributed by atoms with Crippen molar-refractivity contribution in [1.29, 1.82) is 0 Å². The summed E-state index contributed by atoms with van der Waals surface area (Å²) in [6.07, 6.45) is 4.61. The number of hydrogen-bond acceptors (Lipinski definition) is 3. The average Bonchev–Trinajstić information content (AvgIpc) is 3.06. The second kappa shape index (κ2) is 4.96. The van der Waals surface area contributed by atoms with Gasteiger partial charge in [0, 0.05) is 25.2 Å². The van der Waals surface area contributed by atoms with Crippen LogP contribution in [0.15, 0.2) is 12.3 Å². The number of nitrogens with zero attached hydrogens (tertiary/aromatic N) is 4. The minimum Gasteiger partial charge on any atom is -0.377 e. The van der Waals surface area contributed by atoms with Gasteiger partial charge in [0.2, 0.25) is 0 Å². The third-order valence-electron chi connectivity index (χ3n) is 3.79. The van der Waals surface area contributed by atoms with Crippen LogP contribution >= 0.6 is 0 Å². The van der Waals surface area contributed by atoms with Crippen LogP contribution in [0, 0.1) is 6.92 Å². The molecule has 108 valence electrons. The topological polar surface area (TPSA) is 47.7 Å². The first-order valence-electron chi connectivity index (χ1n) is 7.37. The monoisotopic (exact) mass is 273 g/mol. The highest BCUT2D eigenvalue weighted by atomic mass is 15.3. The van der Waals surface area contributed by atoms with E-state index < -0.39 is 0 Å². The van der Waals surface area contributed by atoms with Gasteiger partial charge in [-0.1, -0.05) is 0 Å². The molecule has 5 heteroatoms. The van der Waals surface area contributed by atoms with Crippen LogP contribution in [-0.4, -0.2) is 19.6 Å². The van der Waals surface area contributed by atoms with Gasteiger partial charge in [-0.05, 0) is 39.7 Å². The van der Waals surface area contributed by atoms with Gasteiger partial charge >= 0.3 is 0 Å². The fourth-order valence-electron chi connectivity index (χ4n) is 2.57. The molecule has 1 fully saturated rings. The Labute approximate surface area is 120 Å². The Hall–Kier alpha value is -1.78. The second-order valence-corrected chi connectivity index (χ2v) is 6.03. The predicted octanol–water partition coefficient (Wildman–Crippen LogP) is 3.00. The van der Waals surface area contributed by atoms with Crippen molar-refractivity contribution in [3.05, 3.63) is 29.3 Å². The molecule has 1 saturated carbocycles. The van der Waals surface area contributed by atoms with Gasteiger partial charge in [-0.3, -0.25) is 9.36 Å². The first-order valence-corrected chi connectivity index (χ1v) is 7.37. The molecule has 2 aromatic rings. The lowest BCUT2D eigenvalue weighted by Crippen LogP contribution is -2.11. The summed E-state index contributed by atoms with van der Waals surface area (Å²) in [6.45, 7) is 7.19. The minimum atomic E-state index is 0.397. The van der Waals surface area contributed by atoms with Crippen LogP contribution in [0.5, 0.6) is 0 Å². The van der Waals surface area contributed by atoms with E-state index in [4.69, 9.17) is 5.10 Å². The van der Waals surface area contributed by atoms with Crippen molar-refractivity contribution >= 4 is 5.69 Å². The standard InChI is InChI=1S/C15H23N5/c1-10(2)20-13(7-14(18-20)12-5-6-12)8-16-15-9-19(4)17-11(15)3/h7,9-10,12,16H,5-6,8H2,1-4H3. The van der Waals surface area contributed by atoms with Crippen molar-refractivity contribution in [2.45, 2.75) is 52.1 Å². The molecule has 3 rings (SSSR count). The van der Waals surface area contributed by atoms with E-state index in [0.29, 0.717) is 12.0 Å². The molecule has 1 aliphatic rings. The van der Waals surface area contributed by atoms with Crippen LogP contribution in [0.25, 0.3) is 0 Å². The highest BCUT2D eigenvalue weighted by molar-refractivity contribution is 5.45. The number of anilines is 1. The summed E-state index contributed by atoms with van der Waals surface area (Å²) in [6, 6.07) is 2.66. The summed E-state index contributed by atoms with van der Waals surface area (Å²) in [7, 11) is 1.95. The van der Waals surface area contributed by atoms with Gasteiger partial charge < -0.3 is 5.32 Å². The van der Waals surface area contributed by atoms with Gasteiger partial charge in [-0.2, -0.15) is 10.2 Å². The molecular formula is C15H23N5. The fraction of sp³-hybridized carbons (Fsp3) is 0.600. The van der Waals surface area contributed by atoms with E-state index in [-0.39, 0.29) is 0 Å². The van der Waals surface area contributed by atoms with E-state index in [1.807, 2.05) is 24.9 Å². The molecule has 0 aliphatic heterocycles. The third kappa shape index (κ3) is 2.57. The summed E-state index contributed by atoms with van der Waals surface area (Å²) < 4.78 is 3.99. The smallest absolute Gasteiger partial charge is 0.0825 e. The molecule has 5 nitrogen and oxygen atoms in total. The maximum Gasteiger partial charge on any atom is 0.0825 e. The first-order chi connectivity index (χ1) is 9.54. The lowest BCUT2D eigenvalue weighted by molar-refractivity contribution is 0.507. The van der Waals surface area contributed by atoms with Crippen molar-refractivity contribution in [2.75, 3.05) is 5.32 Å². The molecule has 2 heterocycles. The van der Waals surface area contributed by atoms with Gasteiger partial charge in [-0.15, -0.1) is 0 Å². The Morgan fingerprint density at radius 2 is 2.10 bits per heavy atom. The Bertz CT molecular complexity index is 604. The quantitative estimate of drug-likeness (QED) is 0.911. The zero-order chi connectivity index (χ0) is 14.3. The zero-order valence-electron chi connectivity index (χ0n) is 12.7. The first kappa shape index (κ1) is 13.2. The third-order valence-corrected chi connectivity index (χ3v) is 3.79. The Balaban J connectivity index is 1.77. The molecule has 0 spiro atoms. The zero-order valence-corrected chi connectivity index (χ0v) is 12.7. The van der Waals surface area contributed by atoms with Gasteiger partial charge in [-0.25, -0.2) is 0 Å². The molecule has 0 atom stereocenters. The van der Waals surface area contributed by atoms with Crippen LogP contribution in [-0.2, 0) is 13.6 Å². The molecular weight excluding hydrogens is 250 g/mol. The van der Waals surface area contributed by atoms with Crippen molar-refractivity contribution < 1.29 is 0 Å². The predicted molar refractivity (Wildman–Crippen MR) is 79.9 cm³/mol. The lowest BCUT2D eigenvalue weighted by Gasteiger charge is -2.11. The van der Waals surface area contributed by atoms with Crippen LogP contribution < -0.4 is 5.32 Å². The summed E-state index contributed by atoms with van der Waals surface area (Å²) in [5.74, 6) is 0.703. The van der Waals surface area contributed by atoms with E-state index in [9.17, 15) is 0 Å². The normalized spacial score (nSPS) is 15.1. The average molecular weight is 273 g/mol. The van der Waals surface area contributed by atoms with E-state index in [2.05, 4.69) is 35.0 Å². The molecule has 0 unspecified atom stereocenters. The van der Waals surface area contributed by atoms with E-state index in [0.717, 1.165) is 17.9 Å². The van der Waals surface area contributed by atoms with Gasteiger partial charge in [0.1, 0.15) is 0 Å². The highest BCUT2D eigenvalue weighted by Crippen LogP contribution is 2.39. The number of aryl methyl sites for hydroxylation is 2. The van der Waals surface area contributed by atoms with Crippen LogP contribution in [0.3, 0.4) is 0 Å². The highest BCUT2D eigenvalue weighted by Gasteiger charge is 2.27. The molecule has 0 amide bonds. The van der Waals surface area contributed by atoms with Crippen molar-refractivity contribution in [3.8, 4) is 0 Å². The molecule has 0 bridgehead atoms. The van der Waals surface area contributed by atoms with Gasteiger partial charge in [0.25, 0.3) is 0 Å². The van der Waals surface area contributed by atoms with Crippen molar-refractivity contribution in [1.82, 2.24) is 19.6 Å². The molecule has 0 aromatic carbocycles. The van der Waals surface area contributed by atoms with Crippen LogP contribution in [0.2, 0.25) is 0 Å². The Kier molecular flexibility index (Phi) is 3.28. The summed E-state index contributed by atoms with van der Waals surface area (Å²) >= 11 is 0. The van der Waals surface area contributed by atoms with Crippen molar-refractivity contribution in [2.24, 2.45) is 7.05 Å². The SMILES string of the molecule is Cc1nn(C)cc1NCc1cc(C2CC2)nn1C(C)C. The number of aromatic nitrogens is 4. The number of nitrogens with one attached hydrogen (secondary N) is 1. The Morgan fingerprint density at radius 3 is 2.65 bits per heavy atom.